The molecule has 66 valence electrons. The molecule has 1 aliphatic heterocycles. The number of ether oxygens (including phenoxy) is 1. The molecule has 0 unspecified atom stereocenters. The first-order valence-corrected chi connectivity index (χ1v) is 4.05. The Hall–Kier alpha value is -0.970. The van der Waals surface area contributed by atoms with Gasteiger partial charge in [0.05, 0.1) is 18.3 Å². The molecule has 0 aromatic heterocycles. The third kappa shape index (κ3) is 1.79. The maximum atomic E-state index is 11.0. The number of methoxy groups -OCH3 is 1. The number of nitrogens with zero attached hydrogens (tertiary/aromatic N) is 1. The first-order valence-electron chi connectivity index (χ1n) is 3.26. The van der Waals surface area contributed by atoms with E-state index in [1.807, 2.05) is 0 Å². The second-order valence-corrected chi connectivity index (χ2v) is 3.02. The maximum absolute atomic E-state index is 11.0. The van der Waals surface area contributed by atoms with Crippen LogP contribution < -0.4 is 0 Å². The van der Waals surface area contributed by atoms with E-state index in [9.17, 15) is 4.79 Å². The summed E-state index contributed by atoms with van der Waals surface area (Å²) in [5.74, 6) is 0.128. The third-order valence-corrected chi connectivity index (χ3v) is 2.08. The summed E-state index contributed by atoms with van der Waals surface area (Å²) >= 11 is 3.15. The smallest absolute Gasteiger partial charge is 0.414 e. The van der Waals surface area contributed by atoms with Gasteiger partial charge in [0.2, 0.25) is 0 Å². The molecule has 4 nitrogen and oxygen atoms in total. The van der Waals surface area contributed by atoms with E-state index in [0.717, 1.165) is 0 Å². The average molecular weight is 234 g/mol. The molecule has 0 saturated heterocycles. The van der Waals surface area contributed by atoms with Crippen molar-refractivity contribution in [1.82, 2.24) is 4.90 Å². The van der Waals surface area contributed by atoms with Gasteiger partial charge >= 0.3 is 6.09 Å². The van der Waals surface area contributed by atoms with Crippen molar-refractivity contribution in [2.75, 3.05) is 13.7 Å². The van der Waals surface area contributed by atoms with Gasteiger partial charge in [-0.1, -0.05) is 0 Å². The number of aliphatic hydroxyl groups is 1. The van der Waals surface area contributed by atoms with Crippen molar-refractivity contribution in [3.63, 3.8) is 0 Å². The van der Waals surface area contributed by atoms with E-state index >= 15 is 0 Å². The fourth-order valence-corrected chi connectivity index (χ4v) is 1.21. The van der Waals surface area contributed by atoms with E-state index in [-0.39, 0.29) is 12.3 Å². The summed E-state index contributed by atoms with van der Waals surface area (Å²) in [5, 5.41) is 9.09. The molecule has 1 heterocycles. The van der Waals surface area contributed by atoms with Crippen LogP contribution in [0.4, 0.5) is 4.79 Å². The highest BCUT2D eigenvalue weighted by molar-refractivity contribution is 9.11. The van der Waals surface area contributed by atoms with Gasteiger partial charge in [-0.15, -0.1) is 0 Å². The van der Waals surface area contributed by atoms with Crippen molar-refractivity contribution in [1.29, 1.82) is 0 Å². The van der Waals surface area contributed by atoms with E-state index < -0.39 is 6.09 Å². The maximum Gasteiger partial charge on any atom is 0.414 e. The minimum absolute atomic E-state index is 0.128. The summed E-state index contributed by atoms with van der Waals surface area (Å²) in [4.78, 5) is 12.3. The zero-order chi connectivity index (χ0) is 9.14. The van der Waals surface area contributed by atoms with Gasteiger partial charge in [-0.2, -0.15) is 0 Å². The molecule has 1 rings (SSSR count). The van der Waals surface area contributed by atoms with Gasteiger partial charge in [0.25, 0.3) is 0 Å². The Kier molecular flexibility index (Phi) is 2.75. The van der Waals surface area contributed by atoms with Crippen LogP contribution in [0.15, 0.2) is 22.5 Å². The number of aliphatic hydroxyl groups excluding tert-OH is 1. The molecule has 0 fully saturated rings. The summed E-state index contributed by atoms with van der Waals surface area (Å²) in [6, 6.07) is 0. The summed E-state index contributed by atoms with van der Waals surface area (Å²) < 4.78 is 5.06. The summed E-state index contributed by atoms with van der Waals surface area (Å²) in [5.41, 5.74) is 0. The normalized spacial score (nSPS) is 16.7. The highest BCUT2D eigenvalue weighted by atomic mass is 79.9. The molecule has 0 saturated carbocycles. The van der Waals surface area contributed by atoms with Crippen LogP contribution in [0.2, 0.25) is 0 Å². The van der Waals surface area contributed by atoms with Crippen LogP contribution in [-0.4, -0.2) is 29.8 Å². The number of hydrogen-bond acceptors (Lipinski definition) is 3. The molecule has 0 aliphatic carbocycles. The lowest BCUT2D eigenvalue weighted by molar-refractivity contribution is 0.137. The Morgan fingerprint density at radius 3 is 3.00 bits per heavy atom. The molecule has 12 heavy (non-hydrogen) atoms. The van der Waals surface area contributed by atoms with Crippen LogP contribution in [0.1, 0.15) is 0 Å². The van der Waals surface area contributed by atoms with Gasteiger partial charge in [-0.05, 0) is 28.1 Å². The van der Waals surface area contributed by atoms with E-state index in [1.54, 1.807) is 6.08 Å². The molecule has 0 spiro atoms. The molecule has 0 aromatic rings. The molecule has 1 aliphatic rings. The second kappa shape index (κ2) is 3.62. The van der Waals surface area contributed by atoms with Crippen molar-refractivity contribution in [2.45, 2.75) is 0 Å². The van der Waals surface area contributed by atoms with Crippen LogP contribution in [0, 0.1) is 0 Å². The van der Waals surface area contributed by atoms with Crippen molar-refractivity contribution in [3.8, 4) is 0 Å². The molecule has 0 bridgehead atoms. The number of hydrogen-bond donors (Lipinski definition) is 1. The topological polar surface area (TPSA) is 49.8 Å². The van der Waals surface area contributed by atoms with Crippen LogP contribution in [-0.2, 0) is 4.74 Å². The lowest BCUT2D eigenvalue weighted by atomic mass is 10.3. The SMILES string of the molecule is COC(=O)N1CC(O)=CC=C1Br. The molecule has 0 aromatic carbocycles. The van der Waals surface area contributed by atoms with Crippen molar-refractivity contribution in [3.05, 3.63) is 22.5 Å². The van der Waals surface area contributed by atoms with Gasteiger partial charge in [0.1, 0.15) is 5.76 Å². The monoisotopic (exact) mass is 233 g/mol. The lowest BCUT2D eigenvalue weighted by Crippen LogP contribution is -2.31. The van der Waals surface area contributed by atoms with E-state index in [1.165, 1.54) is 18.1 Å². The predicted octanol–water partition coefficient (Wildman–Crippen LogP) is 1.75. The number of carbonyl (C=O) groups excluding carboxylic acids is 1. The lowest BCUT2D eigenvalue weighted by Gasteiger charge is -2.22. The Bertz CT molecular complexity index is 259. The van der Waals surface area contributed by atoms with Gasteiger partial charge in [-0.25, -0.2) is 4.79 Å². The zero-order valence-electron chi connectivity index (χ0n) is 6.45. The molecule has 1 N–H and O–H groups in total. The van der Waals surface area contributed by atoms with E-state index in [2.05, 4.69) is 20.7 Å². The van der Waals surface area contributed by atoms with Gasteiger partial charge in [0, 0.05) is 0 Å². The molecule has 0 radical (unpaired) electrons. The fraction of sp³-hybridized carbons (Fsp3) is 0.286. The van der Waals surface area contributed by atoms with Gasteiger partial charge in [0.15, 0.2) is 0 Å². The fourth-order valence-electron chi connectivity index (χ4n) is 0.807. The Morgan fingerprint density at radius 1 is 1.75 bits per heavy atom. The first-order chi connectivity index (χ1) is 5.65. The second-order valence-electron chi connectivity index (χ2n) is 2.20. The highest BCUT2D eigenvalue weighted by Gasteiger charge is 2.20. The Balaban J connectivity index is 2.76. The number of halogens is 1. The Labute approximate surface area is 78.2 Å². The highest BCUT2D eigenvalue weighted by Crippen LogP contribution is 2.19. The standard InChI is InChI=1S/C7H8BrNO3/c1-12-7(11)9-4-5(10)2-3-6(9)8/h2-3,10H,4H2,1H3. The number of allylic oxidation sites excluding steroid dienone is 2. The first kappa shape index (κ1) is 9.12. The van der Waals surface area contributed by atoms with Crippen LogP contribution in [0.3, 0.4) is 0 Å². The van der Waals surface area contributed by atoms with Gasteiger partial charge < -0.3 is 9.84 Å². The van der Waals surface area contributed by atoms with Crippen LogP contribution >= 0.6 is 15.9 Å². The summed E-state index contributed by atoms with van der Waals surface area (Å²) in [6.07, 6.45) is 2.59. The molecular weight excluding hydrogens is 226 g/mol. The van der Waals surface area contributed by atoms with Crippen molar-refractivity contribution < 1.29 is 14.6 Å². The largest absolute Gasteiger partial charge is 0.510 e. The number of rotatable bonds is 0. The molecule has 1 amide bonds. The minimum Gasteiger partial charge on any atom is -0.510 e. The molecular formula is C7H8BrNO3. The third-order valence-electron chi connectivity index (χ3n) is 1.39. The minimum atomic E-state index is -0.502. The zero-order valence-corrected chi connectivity index (χ0v) is 8.04. The predicted molar refractivity (Wildman–Crippen MR) is 46.8 cm³/mol. The van der Waals surface area contributed by atoms with Crippen molar-refractivity contribution >= 4 is 22.0 Å². The number of amides is 1. The molecule has 5 heteroatoms. The molecule has 0 atom stereocenters. The van der Waals surface area contributed by atoms with E-state index in [0.29, 0.717) is 4.61 Å². The summed E-state index contributed by atoms with van der Waals surface area (Å²) in [6.45, 7) is 0.143. The van der Waals surface area contributed by atoms with E-state index in [4.69, 9.17) is 5.11 Å². The average Bonchev–Trinajstić information content (AvgIpc) is 2.08. The van der Waals surface area contributed by atoms with Crippen LogP contribution in [0.5, 0.6) is 0 Å². The van der Waals surface area contributed by atoms with Gasteiger partial charge in [-0.3, -0.25) is 4.90 Å². The van der Waals surface area contributed by atoms with Crippen molar-refractivity contribution in [2.24, 2.45) is 0 Å². The quantitative estimate of drug-likeness (QED) is 0.649. The summed E-state index contributed by atoms with van der Waals surface area (Å²) in [7, 11) is 1.29. The Morgan fingerprint density at radius 2 is 2.42 bits per heavy atom. The van der Waals surface area contributed by atoms with Crippen LogP contribution in [0.25, 0.3) is 0 Å². The number of carbonyl (C=O) groups is 1.